The molecule has 1 aromatic carbocycles. The molecule has 1 aromatic heterocycles. The van der Waals surface area contributed by atoms with Crippen LogP contribution < -0.4 is 0 Å². The Bertz CT molecular complexity index is 981. The van der Waals surface area contributed by atoms with Gasteiger partial charge < -0.3 is 24.0 Å². The summed E-state index contributed by atoms with van der Waals surface area (Å²) in [6, 6.07) is 9.63. The number of piperidine rings is 1. The highest BCUT2D eigenvalue weighted by atomic mass is 79.9. The van der Waals surface area contributed by atoms with Gasteiger partial charge >= 0.3 is 12.1 Å². The zero-order valence-electron chi connectivity index (χ0n) is 18.1. The lowest BCUT2D eigenvalue weighted by molar-refractivity contribution is -0.152. The maximum absolute atomic E-state index is 12.8. The van der Waals surface area contributed by atoms with Gasteiger partial charge in [-0.25, -0.2) is 14.6 Å². The van der Waals surface area contributed by atoms with Gasteiger partial charge in [-0.1, -0.05) is 30.3 Å². The van der Waals surface area contributed by atoms with Gasteiger partial charge in [0.2, 0.25) is 0 Å². The molecule has 1 aliphatic heterocycles. The summed E-state index contributed by atoms with van der Waals surface area (Å²) < 4.78 is 14.2. The van der Waals surface area contributed by atoms with E-state index in [-0.39, 0.29) is 24.7 Å². The molecular weight excluding hydrogens is 478 g/mol. The van der Waals surface area contributed by atoms with Crippen LogP contribution in [0.4, 0.5) is 4.79 Å². The van der Waals surface area contributed by atoms with Gasteiger partial charge in [-0.05, 0) is 59.0 Å². The van der Waals surface area contributed by atoms with E-state index >= 15 is 0 Å². The second-order valence-corrected chi connectivity index (χ2v) is 9.73. The van der Waals surface area contributed by atoms with E-state index in [2.05, 4.69) is 20.9 Å². The number of carbonyl (C=O) groups is 2. The van der Waals surface area contributed by atoms with E-state index in [1.165, 1.54) is 0 Å². The van der Waals surface area contributed by atoms with E-state index < -0.39 is 11.6 Å². The normalized spacial score (nSPS) is 25.2. The van der Waals surface area contributed by atoms with Gasteiger partial charge in [0, 0.05) is 26.3 Å². The number of aliphatic carboxylic acids is 1. The van der Waals surface area contributed by atoms with E-state index in [1.807, 2.05) is 48.1 Å². The first kappa shape index (κ1) is 22.8. The SMILES string of the molecule is Cn1cc(Br)nc1C1(OCC(=O)O)CCC2(CCCN(C(=O)OCc3ccccc3)C2)C1. The lowest BCUT2D eigenvalue weighted by Gasteiger charge is -2.41. The second-order valence-electron chi connectivity index (χ2n) is 8.92. The molecule has 8 nitrogen and oxygen atoms in total. The molecule has 1 saturated carbocycles. The first-order valence-electron chi connectivity index (χ1n) is 10.8. The molecule has 9 heteroatoms. The molecule has 2 heterocycles. The summed E-state index contributed by atoms with van der Waals surface area (Å²) in [5.41, 5.74) is 0.00624. The van der Waals surface area contributed by atoms with Crippen molar-refractivity contribution in [3.8, 4) is 0 Å². The smallest absolute Gasteiger partial charge is 0.410 e. The van der Waals surface area contributed by atoms with E-state index in [4.69, 9.17) is 9.47 Å². The third kappa shape index (κ3) is 4.83. The highest BCUT2D eigenvalue weighted by Crippen LogP contribution is 2.55. The number of halogens is 1. The molecule has 0 radical (unpaired) electrons. The number of benzene rings is 1. The van der Waals surface area contributed by atoms with Crippen LogP contribution in [0.3, 0.4) is 0 Å². The average molecular weight is 506 g/mol. The van der Waals surface area contributed by atoms with Gasteiger partial charge in [0.1, 0.15) is 29.2 Å². The molecule has 1 amide bonds. The number of likely N-dealkylation sites (tertiary alicyclic amines) is 1. The fourth-order valence-electron chi connectivity index (χ4n) is 5.20. The molecule has 4 rings (SSSR count). The first-order valence-corrected chi connectivity index (χ1v) is 11.6. The number of aryl methyl sites for hydroxylation is 1. The molecule has 1 spiro atoms. The Balaban J connectivity index is 1.48. The minimum absolute atomic E-state index is 0.152. The van der Waals surface area contributed by atoms with E-state index in [9.17, 15) is 14.7 Å². The predicted molar refractivity (Wildman–Crippen MR) is 120 cm³/mol. The molecule has 2 fully saturated rings. The zero-order valence-corrected chi connectivity index (χ0v) is 19.7. The van der Waals surface area contributed by atoms with Crippen LogP contribution in [0.5, 0.6) is 0 Å². The number of hydrogen-bond donors (Lipinski definition) is 1. The quantitative estimate of drug-likeness (QED) is 0.635. The molecule has 2 atom stereocenters. The van der Waals surface area contributed by atoms with Crippen LogP contribution in [0.25, 0.3) is 0 Å². The minimum Gasteiger partial charge on any atom is -0.480 e. The number of carbonyl (C=O) groups excluding carboxylic acids is 1. The summed E-state index contributed by atoms with van der Waals surface area (Å²) in [5.74, 6) is -0.292. The summed E-state index contributed by atoms with van der Waals surface area (Å²) in [4.78, 5) is 30.5. The predicted octanol–water partition coefficient (Wildman–Crippen LogP) is 4.08. The van der Waals surface area contributed by atoms with Crippen LogP contribution in [0.2, 0.25) is 0 Å². The number of nitrogens with zero attached hydrogens (tertiary/aromatic N) is 3. The van der Waals surface area contributed by atoms with Gasteiger partial charge in [0.15, 0.2) is 0 Å². The molecule has 32 heavy (non-hydrogen) atoms. The molecule has 0 bridgehead atoms. The molecule has 2 unspecified atom stereocenters. The van der Waals surface area contributed by atoms with Crippen molar-refractivity contribution in [3.63, 3.8) is 0 Å². The second kappa shape index (κ2) is 9.23. The maximum Gasteiger partial charge on any atom is 0.410 e. The number of ether oxygens (including phenoxy) is 2. The van der Waals surface area contributed by atoms with Crippen molar-refractivity contribution in [2.75, 3.05) is 19.7 Å². The lowest BCUT2D eigenvalue weighted by Crippen LogP contribution is -2.46. The Morgan fingerprint density at radius 2 is 2.00 bits per heavy atom. The molecule has 2 aliphatic rings. The zero-order chi connectivity index (χ0) is 22.8. The molecule has 1 aliphatic carbocycles. The molecule has 172 valence electrons. The highest BCUT2D eigenvalue weighted by Gasteiger charge is 2.54. The Morgan fingerprint density at radius 1 is 1.22 bits per heavy atom. The third-order valence-electron chi connectivity index (χ3n) is 6.57. The van der Waals surface area contributed by atoms with Gasteiger partial charge in [-0.2, -0.15) is 0 Å². The standard InChI is InChI=1S/C23H28BrN3O5/c1-26-12-18(24)25-20(26)23(32-14-19(28)29)10-9-22(15-23)8-5-11-27(16-22)21(30)31-13-17-6-3-2-4-7-17/h2-4,6-7,12H,5,8-11,13-16H2,1H3,(H,28,29). The van der Waals surface area contributed by atoms with Crippen molar-refractivity contribution < 1.29 is 24.2 Å². The van der Waals surface area contributed by atoms with Gasteiger partial charge in [-0.3, -0.25) is 0 Å². The number of aromatic nitrogens is 2. The molecule has 1 saturated heterocycles. The van der Waals surface area contributed by atoms with Crippen molar-refractivity contribution >= 4 is 28.0 Å². The minimum atomic E-state index is -1.01. The van der Waals surface area contributed by atoms with Crippen molar-refractivity contribution in [1.29, 1.82) is 0 Å². The summed E-state index contributed by atoms with van der Waals surface area (Å²) in [5, 5.41) is 9.25. The number of hydrogen-bond acceptors (Lipinski definition) is 5. The van der Waals surface area contributed by atoms with Gasteiger partial charge in [0.25, 0.3) is 0 Å². The summed E-state index contributed by atoms with van der Waals surface area (Å²) in [7, 11) is 1.89. The summed E-state index contributed by atoms with van der Waals surface area (Å²) >= 11 is 3.41. The fourth-order valence-corrected chi connectivity index (χ4v) is 5.68. The van der Waals surface area contributed by atoms with E-state index in [0.29, 0.717) is 36.4 Å². The van der Waals surface area contributed by atoms with Crippen LogP contribution in [0.15, 0.2) is 41.1 Å². The maximum atomic E-state index is 12.8. The summed E-state index contributed by atoms with van der Waals surface area (Å²) in [6.45, 7) is 1.09. The third-order valence-corrected chi connectivity index (χ3v) is 6.95. The molecule has 1 N–H and O–H groups in total. The lowest BCUT2D eigenvalue weighted by atomic mass is 9.77. The topological polar surface area (TPSA) is 93.9 Å². The number of amides is 1. The Kier molecular flexibility index (Phi) is 6.57. The number of carboxylic acids is 1. The van der Waals surface area contributed by atoms with E-state index in [1.54, 1.807) is 4.90 Å². The number of carboxylic acid groups (broad SMARTS) is 1. The van der Waals surface area contributed by atoms with Crippen LogP contribution in [-0.2, 0) is 33.5 Å². The summed E-state index contributed by atoms with van der Waals surface area (Å²) in [6.07, 6.45) is 5.48. The largest absolute Gasteiger partial charge is 0.480 e. The fraction of sp³-hybridized carbons (Fsp3) is 0.522. The van der Waals surface area contributed by atoms with Gasteiger partial charge in [0.05, 0.1) is 0 Å². The first-order chi connectivity index (χ1) is 15.3. The Morgan fingerprint density at radius 3 is 2.69 bits per heavy atom. The van der Waals surface area contributed by atoms with Crippen molar-refractivity contribution in [3.05, 3.63) is 52.5 Å². The van der Waals surface area contributed by atoms with Crippen LogP contribution in [0, 0.1) is 5.41 Å². The Labute approximate surface area is 195 Å². The number of rotatable bonds is 6. The van der Waals surface area contributed by atoms with Crippen LogP contribution >= 0.6 is 15.9 Å². The van der Waals surface area contributed by atoms with Crippen LogP contribution in [-0.4, -0.2) is 51.3 Å². The Hall–Kier alpha value is -2.39. The molecular formula is C23H28BrN3O5. The van der Waals surface area contributed by atoms with Crippen molar-refractivity contribution in [1.82, 2.24) is 14.5 Å². The number of imidazole rings is 1. The van der Waals surface area contributed by atoms with Gasteiger partial charge in [-0.15, -0.1) is 0 Å². The average Bonchev–Trinajstić information content (AvgIpc) is 3.31. The van der Waals surface area contributed by atoms with Crippen molar-refractivity contribution in [2.24, 2.45) is 12.5 Å². The highest BCUT2D eigenvalue weighted by molar-refractivity contribution is 9.10. The van der Waals surface area contributed by atoms with Crippen LogP contribution in [0.1, 0.15) is 43.5 Å². The van der Waals surface area contributed by atoms with Crippen molar-refractivity contribution in [2.45, 2.75) is 44.3 Å². The molecule has 2 aromatic rings. The monoisotopic (exact) mass is 505 g/mol. The van der Waals surface area contributed by atoms with E-state index in [0.717, 1.165) is 24.8 Å².